The predicted molar refractivity (Wildman–Crippen MR) is 164 cm³/mol. The lowest BCUT2D eigenvalue weighted by Crippen LogP contribution is -2.52. The molecule has 10 nitrogen and oxygen atoms in total. The zero-order valence-corrected chi connectivity index (χ0v) is 25.1. The zero-order chi connectivity index (χ0) is 30.4. The van der Waals surface area contributed by atoms with Gasteiger partial charge in [-0.1, -0.05) is 56.3 Å². The standard InChI is InChI=1S/C32H37N5O5S/c1-23(2)15-34-30(38)18-37(17-24-8-10-28(11-9-24)41-19-25-6-4-3-5-7-25)31(39)29(14-27-16-33-22-35-27)36-32(40)42-20-26-12-13-43-21-26/h3-13,16,21-23,29H,14-15,17-20H2,1-2H3,(H,33,35)(H,34,38)(H,36,40)/t29-/m0/s1. The summed E-state index contributed by atoms with van der Waals surface area (Å²) in [5.74, 6) is 0.230. The molecule has 0 aliphatic rings. The Morgan fingerprint density at radius 3 is 2.44 bits per heavy atom. The van der Waals surface area contributed by atoms with Crippen LogP contribution >= 0.6 is 11.3 Å². The van der Waals surface area contributed by atoms with Crippen molar-refractivity contribution in [2.24, 2.45) is 5.92 Å². The SMILES string of the molecule is CC(C)CNC(=O)CN(Cc1ccc(OCc2ccccc2)cc1)C(=O)[C@H](Cc1cnc[nH]1)NC(=O)OCc1ccsc1. The van der Waals surface area contributed by atoms with Gasteiger partial charge in [-0.3, -0.25) is 9.59 Å². The van der Waals surface area contributed by atoms with E-state index >= 15 is 0 Å². The third-order valence-corrected chi connectivity index (χ3v) is 7.15. The van der Waals surface area contributed by atoms with Gasteiger partial charge in [-0.05, 0) is 46.0 Å². The quantitative estimate of drug-likeness (QED) is 0.181. The zero-order valence-electron chi connectivity index (χ0n) is 24.3. The lowest BCUT2D eigenvalue weighted by atomic mass is 10.1. The van der Waals surface area contributed by atoms with Gasteiger partial charge in [-0.15, -0.1) is 0 Å². The Morgan fingerprint density at radius 1 is 0.977 bits per heavy atom. The first-order valence-electron chi connectivity index (χ1n) is 14.1. The third kappa shape index (κ3) is 10.6. The molecule has 0 aliphatic carbocycles. The van der Waals surface area contributed by atoms with Crippen LogP contribution in [0.4, 0.5) is 4.79 Å². The topological polar surface area (TPSA) is 126 Å². The van der Waals surface area contributed by atoms with Crippen molar-refractivity contribution in [3.8, 4) is 5.75 Å². The minimum Gasteiger partial charge on any atom is -0.489 e. The van der Waals surface area contributed by atoms with Gasteiger partial charge in [0, 0.05) is 37.0 Å². The number of carbonyl (C=O) groups is 3. The maximum Gasteiger partial charge on any atom is 0.408 e. The van der Waals surface area contributed by atoms with E-state index in [1.807, 2.05) is 85.3 Å². The van der Waals surface area contributed by atoms with E-state index in [9.17, 15) is 14.4 Å². The van der Waals surface area contributed by atoms with Crippen LogP contribution in [0.15, 0.2) is 83.9 Å². The molecular formula is C32H37N5O5S. The highest BCUT2D eigenvalue weighted by Crippen LogP contribution is 2.17. The van der Waals surface area contributed by atoms with Crippen LogP contribution in [-0.2, 0) is 40.5 Å². The van der Waals surface area contributed by atoms with Crippen molar-refractivity contribution in [3.63, 3.8) is 0 Å². The normalized spacial score (nSPS) is 11.5. The number of hydrogen-bond donors (Lipinski definition) is 3. The first-order chi connectivity index (χ1) is 20.9. The van der Waals surface area contributed by atoms with Gasteiger partial charge in [-0.25, -0.2) is 9.78 Å². The maximum atomic E-state index is 14.0. The Morgan fingerprint density at radius 2 is 1.77 bits per heavy atom. The molecule has 0 saturated heterocycles. The fourth-order valence-corrected chi connectivity index (χ4v) is 4.81. The third-order valence-electron chi connectivity index (χ3n) is 6.42. The number of aromatic amines is 1. The molecule has 3 amide bonds. The number of nitrogens with zero attached hydrogens (tertiary/aromatic N) is 2. The molecule has 4 rings (SSSR count). The van der Waals surface area contributed by atoms with Crippen molar-refractivity contribution in [1.29, 1.82) is 0 Å². The largest absolute Gasteiger partial charge is 0.489 e. The number of alkyl carbamates (subject to hydrolysis) is 1. The van der Waals surface area contributed by atoms with Crippen molar-refractivity contribution in [1.82, 2.24) is 25.5 Å². The number of amides is 3. The fraction of sp³-hybridized carbons (Fsp3) is 0.312. The van der Waals surface area contributed by atoms with E-state index in [0.717, 1.165) is 16.7 Å². The second-order valence-corrected chi connectivity index (χ2v) is 11.3. The van der Waals surface area contributed by atoms with E-state index in [1.54, 1.807) is 6.20 Å². The second-order valence-electron chi connectivity index (χ2n) is 10.5. The number of nitrogens with one attached hydrogen (secondary N) is 3. The summed E-state index contributed by atoms with van der Waals surface area (Å²) in [5, 5.41) is 9.36. The number of H-pyrrole nitrogens is 1. The Kier molecular flexibility index (Phi) is 11.7. The van der Waals surface area contributed by atoms with Crippen molar-refractivity contribution in [2.75, 3.05) is 13.1 Å². The van der Waals surface area contributed by atoms with Gasteiger partial charge in [-0.2, -0.15) is 11.3 Å². The number of rotatable bonds is 15. The van der Waals surface area contributed by atoms with Crippen molar-refractivity contribution in [2.45, 2.75) is 46.1 Å². The highest BCUT2D eigenvalue weighted by atomic mass is 32.1. The number of thiophene rings is 1. The molecule has 0 saturated carbocycles. The first kappa shape index (κ1) is 31.3. The predicted octanol–water partition coefficient (Wildman–Crippen LogP) is 4.69. The minimum atomic E-state index is -0.998. The summed E-state index contributed by atoms with van der Waals surface area (Å²) in [6.45, 7) is 4.97. The van der Waals surface area contributed by atoms with E-state index in [-0.39, 0.29) is 37.9 Å². The molecule has 2 aromatic carbocycles. The van der Waals surface area contributed by atoms with Crippen LogP contribution in [0.2, 0.25) is 0 Å². The van der Waals surface area contributed by atoms with Crippen molar-refractivity contribution in [3.05, 3.63) is 106 Å². The highest BCUT2D eigenvalue weighted by Gasteiger charge is 2.29. The van der Waals surface area contributed by atoms with E-state index in [0.29, 0.717) is 24.6 Å². The molecule has 3 N–H and O–H groups in total. The van der Waals surface area contributed by atoms with Crippen molar-refractivity contribution < 1.29 is 23.9 Å². The van der Waals surface area contributed by atoms with Gasteiger partial charge in [0.25, 0.3) is 0 Å². The van der Waals surface area contributed by atoms with Gasteiger partial charge in [0.1, 0.15) is 25.0 Å². The van der Waals surface area contributed by atoms with E-state index in [4.69, 9.17) is 9.47 Å². The Hall–Kier alpha value is -4.64. The van der Waals surface area contributed by atoms with Gasteiger partial charge >= 0.3 is 6.09 Å². The van der Waals surface area contributed by atoms with E-state index in [2.05, 4.69) is 20.6 Å². The first-order valence-corrected chi connectivity index (χ1v) is 15.0. The monoisotopic (exact) mass is 603 g/mol. The second kappa shape index (κ2) is 16.1. The molecular weight excluding hydrogens is 566 g/mol. The van der Waals surface area contributed by atoms with Crippen LogP contribution in [0, 0.1) is 5.92 Å². The van der Waals surface area contributed by atoms with E-state index < -0.39 is 18.0 Å². The minimum absolute atomic E-state index is 0.0836. The van der Waals surface area contributed by atoms with Crippen molar-refractivity contribution >= 4 is 29.2 Å². The molecule has 2 aromatic heterocycles. The summed E-state index contributed by atoms with van der Waals surface area (Å²) in [4.78, 5) is 48.0. The molecule has 11 heteroatoms. The van der Waals surface area contributed by atoms with Crippen LogP contribution in [-0.4, -0.2) is 51.9 Å². The lowest BCUT2D eigenvalue weighted by Gasteiger charge is -2.27. The molecule has 1 atom stereocenters. The fourth-order valence-electron chi connectivity index (χ4n) is 4.16. The molecule has 43 heavy (non-hydrogen) atoms. The summed E-state index contributed by atoms with van der Waals surface area (Å²) in [6.07, 6.45) is 2.51. The highest BCUT2D eigenvalue weighted by molar-refractivity contribution is 7.07. The summed E-state index contributed by atoms with van der Waals surface area (Å²) in [7, 11) is 0. The summed E-state index contributed by atoms with van der Waals surface area (Å²) < 4.78 is 11.3. The average Bonchev–Trinajstić information content (AvgIpc) is 3.73. The molecule has 0 bridgehead atoms. The lowest BCUT2D eigenvalue weighted by molar-refractivity contribution is -0.138. The van der Waals surface area contributed by atoms with E-state index in [1.165, 1.54) is 22.6 Å². The molecule has 226 valence electrons. The molecule has 0 radical (unpaired) electrons. The Balaban J connectivity index is 1.47. The van der Waals surface area contributed by atoms with Crippen LogP contribution in [0.3, 0.4) is 0 Å². The average molecular weight is 604 g/mol. The molecule has 0 fully saturated rings. The number of carbonyl (C=O) groups excluding carboxylic acids is 3. The van der Waals surface area contributed by atoms with Crippen LogP contribution in [0.25, 0.3) is 0 Å². The number of hydrogen-bond acceptors (Lipinski definition) is 7. The Bertz CT molecular complexity index is 1410. The number of aromatic nitrogens is 2. The van der Waals surface area contributed by atoms with Gasteiger partial charge in [0.2, 0.25) is 11.8 Å². The molecule has 0 aliphatic heterocycles. The van der Waals surface area contributed by atoms with Crippen LogP contribution in [0.1, 0.15) is 36.2 Å². The smallest absolute Gasteiger partial charge is 0.408 e. The van der Waals surface area contributed by atoms with Crippen LogP contribution in [0.5, 0.6) is 5.75 Å². The summed E-state index contributed by atoms with van der Waals surface area (Å²) >= 11 is 1.50. The molecule has 4 aromatic rings. The summed E-state index contributed by atoms with van der Waals surface area (Å²) in [5.41, 5.74) is 3.37. The Labute approximate surface area is 255 Å². The number of imidazole rings is 1. The van der Waals surface area contributed by atoms with Gasteiger partial charge in [0.15, 0.2) is 0 Å². The maximum absolute atomic E-state index is 14.0. The molecule has 2 heterocycles. The number of benzene rings is 2. The summed E-state index contributed by atoms with van der Waals surface area (Å²) in [6, 6.07) is 18.1. The molecule has 0 spiro atoms. The number of ether oxygens (including phenoxy) is 2. The van der Waals surface area contributed by atoms with Crippen LogP contribution < -0.4 is 15.4 Å². The molecule has 0 unspecified atom stereocenters. The van der Waals surface area contributed by atoms with Gasteiger partial charge < -0.3 is 30.0 Å². The van der Waals surface area contributed by atoms with Gasteiger partial charge in [0.05, 0.1) is 12.9 Å².